The minimum atomic E-state index is -4.45. The Kier molecular flexibility index (Phi) is 3.66. The van der Waals surface area contributed by atoms with E-state index in [1.54, 1.807) is 0 Å². The molecule has 0 saturated carbocycles. The number of hydrogen-bond donors (Lipinski definition) is 2. The Balaban J connectivity index is 2.95. The van der Waals surface area contributed by atoms with Crippen LogP contribution in [0.1, 0.15) is 12.6 Å². The number of nitrogens with one attached hydrogen (secondary N) is 1. The van der Waals surface area contributed by atoms with Crippen molar-refractivity contribution in [2.24, 2.45) is 5.73 Å². The molecule has 1 amide bonds. The number of alkyl halides is 3. The number of rotatable bonds is 4. The highest BCUT2D eigenvalue weighted by Gasteiger charge is 2.39. The number of hydrogen-bond acceptors (Lipinski definition) is 4. The van der Waals surface area contributed by atoms with Gasteiger partial charge in [0.15, 0.2) is 0 Å². The highest BCUT2D eigenvalue weighted by atomic mass is 19.4. The lowest BCUT2D eigenvalue weighted by Crippen LogP contribution is -2.53. The van der Waals surface area contributed by atoms with Crippen LogP contribution in [0.5, 0.6) is 0 Å². The molecule has 1 unspecified atom stereocenters. The molecule has 0 aliphatic carbocycles. The molecule has 0 aromatic carbocycles. The second-order valence-corrected chi connectivity index (χ2v) is 3.55. The number of aromatic nitrogens is 2. The fourth-order valence-corrected chi connectivity index (χ4v) is 1.14. The molecule has 1 aromatic rings. The van der Waals surface area contributed by atoms with Gasteiger partial charge >= 0.3 is 6.18 Å². The van der Waals surface area contributed by atoms with E-state index in [0.29, 0.717) is 0 Å². The molecule has 94 valence electrons. The van der Waals surface area contributed by atoms with Crippen molar-refractivity contribution in [3.8, 4) is 0 Å². The van der Waals surface area contributed by atoms with E-state index in [-0.39, 0.29) is 5.69 Å². The predicted octanol–water partition coefficient (Wildman–Crippen LogP) is 0.329. The molecule has 1 atom stereocenters. The molecule has 3 N–H and O–H groups in total. The molecule has 0 fully saturated rings. The van der Waals surface area contributed by atoms with Gasteiger partial charge in [0, 0.05) is 12.4 Å². The molecule has 1 aromatic heterocycles. The largest absolute Gasteiger partial charge is 0.401 e. The Morgan fingerprint density at radius 2 is 2.12 bits per heavy atom. The van der Waals surface area contributed by atoms with E-state index in [0.717, 1.165) is 0 Å². The highest BCUT2D eigenvalue weighted by molar-refractivity contribution is 5.85. The average Bonchev–Trinajstić information content (AvgIpc) is 2.26. The van der Waals surface area contributed by atoms with Crippen LogP contribution in [0.25, 0.3) is 0 Å². The van der Waals surface area contributed by atoms with Crippen LogP contribution in [-0.4, -0.2) is 28.6 Å². The molecule has 1 rings (SSSR count). The smallest absolute Gasteiger partial charge is 0.368 e. The maximum atomic E-state index is 12.1. The van der Waals surface area contributed by atoms with Gasteiger partial charge in [-0.2, -0.15) is 13.2 Å². The summed E-state index contributed by atoms with van der Waals surface area (Å²) in [6.07, 6.45) is -0.645. The Bertz CT molecular complexity index is 395. The maximum Gasteiger partial charge on any atom is 0.401 e. The zero-order valence-electron chi connectivity index (χ0n) is 8.95. The average molecular weight is 248 g/mol. The number of carbonyl (C=O) groups is 1. The quantitative estimate of drug-likeness (QED) is 0.804. The van der Waals surface area contributed by atoms with Crippen LogP contribution in [0.3, 0.4) is 0 Å². The number of nitrogens with two attached hydrogens (primary N) is 1. The van der Waals surface area contributed by atoms with Gasteiger partial charge in [-0.15, -0.1) is 0 Å². The van der Waals surface area contributed by atoms with Gasteiger partial charge in [0.1, 0.15) is 5.54 Å². The Morgan fingerprint density at radius 1 is 1.47 bits per heavy atom. The number of halogens is 3. The first-order valence-electron chi connectivity index (χ1n) is 4.64. The van der Waals surface area contributed by atoms with Gasteiger partial charge in [0.25, 0.3) is 0 Å². The van der Waals surface area contributed by atoms with Crippen LogP contribution in [0.2, 0.25) is 0 Å². The predicted molar refractivity (Wildman–Crippen MR) is 52.6 cm³/mol. The number of carbonyl (C=O) groups excluding carboxylic acids is 1. The molecule has 5 nitrogen and oxygen atoms in total. The lowest BCUT2D eigenvalue weighted by atomic mass is 9.97. The van der Waals surface area contributed by atoms with E-state index in [4.69, 9.17) is 5.73 Å². The number of nitrogens with zero attached hydrogens (tertiary/aromatic N) is 2. The van der Waals surface area contributed by atoms with E-state index in [2.05, 4.69) is 9.97 Å². The lowest BCUT2D eigenvalue weighted by molar-refractivity contribution is -0.136. The van der Waals surface area contributed by atoms with Crippen molar-refractivity contribution < 1.29 is 18.0 Å². The summed E-state index contributed by atoms with van der Waals surface area (Å²) >= 11 is 0. The van der Waals surface area contributed by atoms with E-state index < -0.39 is 24.2 Å². The van der Waals surface area contributed by atoms with Crippen LogP contribution >= 0.6 is 0 Å². The molecule has 0 saturated heterocycles. The SMILES string of the molecule is CC(NCC(F)(F)F)(C(N)=O)c1cnccn1. The van der Waals surface area contributed by atoms with Crippen molar-refractivity contribution in [3.63, 3.8) is 0 Å². The Labute approximate surface area is 95.2 Å². The van der Waals surface area contributed by atoms with Crippen LogP contribution in [0.15, 0.2) is 18.6 Å². The van der Waals surface area contributed by atoms with Crippen molar-refractivity contribution in [1.82, 2.24) is 15.3 Å². The standard InChI is InChI=1S/C9H11F3N4O/c1-8(7(13)17,16-5-9(10,11)12)6-4-14-2-3-15-6/h2-4,16H,5H2,1H3,(H2,13,17). The topological polar surface area (TPSA) is 80.9 Å². The third kappa shape index (κ3) is 3.38. The minimum Gasteiger partial charge on any atom is -0.368 e. The van der Waals surface area contributed by atoms with Crippen molar-refractivity contribution in [1.29, 1.82) is 0 Å². The summed E-state index contributed by atoms with van der Waals surface area (Å²) in [7, 11) is 0. The number of amides is 1. The number of primary amides is 1. The monoisotopic (exact) mass is 248 g/mol. The first kappa shape index (κ1) is 13.4. The molecule has 8 heteroatoms. The highest BCUT2D eigenvalue weighted by Crippen LogP contribution is 2.20. The Hall–Kier alpha value is -1.70. The van der Waals surface area contributed by atoms with Crippen molar-refractivity contribution in [2.45, 2.75) is 18.6 Å². The molecule has 0 radical (unpaired) electrons. The second kappa shape index (κ2) is 4.66. The first-order chi connectivity index (χ1) is 7.76. The summed E-state index contributed by atoms with van der Waals surface area (Å²) in [6.45, 7) is -0.117. The molecule has 1 heterocycles. The van der Waals surface area contributed by atoms with Gasteiger partial charge in [-0.05, 0) is 6.92 Å². The van der Waals surface area contributed by atoms with E-state index in [9.17, 15) is 18.0 Å². The van der Waals surface area contributed by atoms with Crippen LogP contribution in [-0.2, 0) is 10.3 Å². The summed E-state index contributed by atoms with van der Waals surface area (Å²) in [4.78, 5) is 18.7. The van der Waals surface area contributed by atoms with E-state index in [1.165, 1.54) is 25.5 Å². The maximum absolute atomic E-state index is 12.1. The zero-order chi connectivity index (χ0) is 13.1. The molecule has 0 aliphatic rings. The van der Waals surface area contributed by atoms with Gasteiger partial charge in [-0.3, -0.25) is 20.1 Å². The van der Waals surface area contributed by atoms with Crippen LogP contribution in [0, 0.1) is 0 Å². The van der Waals surface area contributed by atoms with Gasteiger partial charge in [0.2, 0.25) is 5.91 Å². The van der Waals surface area contributed by atoms with Gasteiger partial charge < -0.3 is 5.73 Å². The zero-order valence-corrected chi connectivity index (χ0v) is 8.95. The third-order valence-electron chi connectivity index (χ3n) is 2.21. The van der Waals surface area contributed by atoms with Crippen LogP contribution < -0.4 is 11.1 Å². The fraction of sp³-hybridized carbons (Fsp3) is 0.444. The summed E-state index contributed by atoms with van der Waals surface area (Å²) in [5, 5.41) is 2.05. The molecule has 17 heavy (non-hydrogen) atoms. The van der Waals surface area contributed by atoms with Crippen LogP contribution in [0.4, 0.5) is 13.2 Å². The van der Waals surface area contributed by atoms with E-state index in [1.807, 2.05) is 5.32 Å². The molecule has 0 spiro atoms. The second-order valence-electron chi connectivity index (χ2n) is 3.55. The van der Waals surface area contributed by atoms with Crippen molar-refractivity contribution in [3.05, 3.63) is 24.3 Å². The summed E-state index contributed by atoms with van der Waals surface area (Å²) < 4.78 is 36.3. The summed E-state index contributed by atoms with van der Waals surface area (Å²) in [6, 6.07) is 0. The van der Waals surface area contributed by atoms with Gasteiger partial charge in [0.05, 0.1) is 18.4 Å². The Morgan fingerprint density at radius 3 is 2.53 bits per heavy atom. The van der Waals surface area contributed by atoms with Gasteiger partial charge in [-0.25, -0.2) is 0 Å². The third-order valence-corrected chi connectivity index (χ3v) is 2.21. The first-order valence-corrected chi connectivity index (χ1v) is 4.64. The van der Waals surface area contributed by atoms with Crippen molar-refractivity contribution >= 4 is 5.91 Å². The summed E-state index contributed by atoms with van der Waals surface area (Å²) in [5.41, 5.74) is 3.43. The molecular weight excluding hydrogens is 237 g/mol. The molecule has 0 aliphatic heterocycles. The van der Waals surface area contributed by atoms with Gasteiger partial charge in [-0.1, -0.05) is 0 Å². The molecular formula is C9H11F3N4O. The summed E-state index contributed by atoms with van der Waals surface area (Å²) in [5.74, 6) is -0.956. The normalized spacial score (nSPS) is 15.3. The van der Waals surface area contributed by atoms with Crippen molar-refractivity contribution in [2.75, 3.05) is 6.54 Å². The lowest BCUT2D eigenvalue weighted by Gasteiger charge is -2.27. The minimum absolute atomic E-state index is 0.0387. The molecule has 0 bridgehead atoms. The van der Waals surface area contributed by atoms with E-state index >= 15 is 0 Å². The fourth-order valence-electron chi connectivity index (χ4n) is 1.14.